The smallest absolute Gasteiger partial charge is 0.253 e. The molecule has 1 fully saturated rings. The van der Waals surface area contributed by atoms with Crippen LogP contribution in [0, 0.1) is 0 Å². The molecule has 7 nitrogen and oxygen atoms in total. The summed E-state index contributed by atoms with van der Waals surface area (Å²) in [5.41, 5.74) is 7.36. The van der Waals surface area contributed by atoms with E-state index in [-0.39, 0.29) is 30.3 Å². The van der Waals surface area contributed by atoms with Gasteiger partial charge in [-0.05, 0) is 41.5 Å². The number of nitrogens with two attached hydrogens (primary N) is 1. The fraction of sp³-hybridized carbons (Fsp3) is 0.269. The van der Waals surface area contributed by atoms with E-state index in [0.717, 1.165) is 16.3 Å². The Morgan fingerprint density at radius 1 is 0.879 bits per heavy atom. The third-order valence-corrected chi connectivity index (χ3v) is 6.10. The van der Waals surface area contributed by atoms with Gasteiger partial charge in [0, 0.05) is 37.3 Å². The van der Waals surface area contributed by atoms with Crippen LogP contribution in [-0.2, 0) is 4.79 Å². The molecular formula is C26H28N4O3. The van der Waals surface area contributed by atoms with Gasteiger partial charge in [0.05, 0.1) is 12.6 Å². The highest BCUT2D eigenvalue weighted by molar-refractivity contribution is 6.00. The van der Waals surface area contributed by atoms with Crippen molar-refractivity contribution in [1.29, 1.82) is 0 Å². The Kier molecular flexibility index (Phi) is 6.70. The van der Waals surface area contributed by atoms with Gasteiger partial charge in [-0.15, -0.1) is 0 Å². The van der Waals surface area contributed by atoms with Gasteiger partial charge in [0.25, 0.3) is 11.8 Å². The third kappa shape index (κ3) is 4.88. The van der Waals surface area contributed by atoms with Gasteiger partial charge in [-0.3, -0.25) is 14.4 Å². The van der Waals surface area contributed by atoms with Crippen LogP contribution in [0.2, 0.25) is 0 Å². The van der Waals surface area contributed by atoms with Gasteiger partial charge in [-0.25, -0.2) is 0 Å². The number of nitrogens with zero attached hydrogens (tertiary/aromatic N) is 2. The van der Waals surface area contributed by atoms with Crippen molar-refractivity contribution < 1.29 is 14.4 Å². The maximum absolute atomic E-state index is 13.0. The molecule has 0 unspecified atom stereocenters. The average molecular weight is 445 g/mol. The van der Waals surface area contributed by atoms with Crippen LogP contribution in [0.1, 0.15) is 39.2 Å². The van der Waals surface area contributed by atoms with Gasteiger partial charge in [-0.2, -0.15) is 0 Å². The minimum atomic E-state index is -0.233. The van der Waals surface area contributed by atoms with Crippen molar-refractivity contribution in [2.45, 2.75) is 13.0 Å². The lowest BCUT2D eigenvalue weighted by atomic mass is 9.99. The number of hydrogen-bond donors (Lipinski definition) is 2. The molecule has 1 saturated heterocycles. The molecule has 0 aliphatic carbocycles. The van der Waals surface area contributed by atoms with Crippen molar-refractivity contribution in [1.82, 2.24) is 15.1 Å². The summed E-state index contributed by atoms with van der Waals surface area (Å²) < 4.78 is 0. The topological polar surface area (TPSA) is 95.7 Å². The number of piperazine rings is 1. The van der Waals surface area contributed by atoms with E-state index >= 15 is 0 Å². The predicted molar refractivity (Wildman–Crippen MR) is 128 cm³/mol. The largest absolute Gasteiger partial charge is 0.345 e. The van der Waals surface area contributed by atoms with Crippen LogP contribution in [0.5, 0.6) is 0 Å². The Labute approximate surface area is 193 Å². The van der Waals surface area contributed by atoms with Crippen LogP contribution < -0.4 is 11.1 Å². The van der Waals surface area contributed by atoms with Crippen LogP contribution >= 0.6 is 0 Å². The zero-order valence-corrected chi connectivity index (χ0v) is 18.7. The Balaban J connectivity index is 1.44. The predicted octanol–water partition coefficient (Wildman–Crippen LogP) is 2.57. The van der Waals surface area contributed by atoms with Gasteiger partial charge < -0.3 is 20.9 Å². The van der Waals surface area contributed by atoms with Gasteiger partial charge in [-0.1, -0.05) is 48.5 Å². The Bertz CT molecular complexity index is 1180. The lowest BCUT2D eigenvalue weighted by Crippen LogP contribution is -2.51. The first-order valence-electron chi connectivity index (χ1n) is 11.1. The van der Waals surface area contributed by atoms with E-state index in [0.29, 0.717) is 37.3 Å². The summed E-state index contributed by atoms with van der Waals surface area (Å²) in [5.74, 6) is -0.490. The van der Waals surface area contributed by atoms with Gasteiger partial charge in [0.15, 0.2) is 0 Å². The second-order valence-electron chi connectivity index (χ2n) is 8.22. The van der Waals surface area contributed by atoms with Crippen molar-refractivity contribution in [3.8, 4) is 0 Å². The lowest BCUT2D eigenvalue weighted by molar-refractivity contribution is -0.131. The van der Waals surface area contributed by atoms with E-state index in [1.165, 1.54) is 0 Å². The fourth-order valence-electron chi connectivity index (χ4n) is 4.25. The number of hydrogen-bond acceptors (Lipinski definition) is 4. The number of nitrogens with one attached hydrogen (secondary N) is 1. The summed E-state index contributed by atoms with van der Waals surface area (Å²) in [5, 5.41) is 5.28. The zero-order chi connectivity index (χ0) is 23.4. The molecule has 0 aromatic heterocycles. The first kappa shape index (κ1) is 22.5. The molecule has 3 N–H and O–H groups in total. The summed E-state index contributed by atoms with van der Waals surface area (Å²) in [6.07, 6.45) is 0. The zero-order valence-electron chi connectivity index (χ0n) is 18.7. The summed E-state index contributed by atoms with van der Waals surface area (Å²) in [6, 6.07) is 20.7. The Hall–Kier alpha value is -3.71. The van der Waals surface area contributed by atoms with Gasteiger partial charge in [0.1, 0.15) is 0 Å². The van der Waals surface area contributed by atoms with E-state index in [9.17, 15) is 14.4 Å². The maximum Gasteiger partial charge on any atom is 0.253 e. The summed E-state index contributed by atoms with van der Waals surface area (Å²) in [6.45, 7) is 3.74. The minimum Gasteiger partial charge on any atom is -0.345 e. The molecule has 0 saturated carbocycles. The van der Waals surface area contributed by atoms with Crippen LogP contribution in [-0.4, -0.2) is 60.2 Å². The standard InChI is InChI=1S/C26H28N4O3/c1-18(22-11-5-7-19-6-2-3-10-23(19)22)28-25(32)20-8-4-9-21(16-20)26(33)30-14-12-29(13-15-30)24(31)17-27/h2-11,16,18H,12-15,17,27H2,1H3,(H,28,32)/t18-/m1/s1. The van der Waals surface area contributed by atoms with E-state index in [4.69, 9.17) is 5.73 Å². The highest BCUT2D eigenvalue weighted by Crippen LogP contribution is 2.24. The van der Waals surface area contributed by atoms with Crippen molar-refractivity contribution in [2.75, 3.05) is 32.7 Å². The molecule has 3 aromatic carbocycles. The monoisotopic (exact) mass is 444 g/mol. The molecule has 0 spiro atoms. The van der Waals surface area contributed by atoms with Crippen molar-refractivity contribution in [2.24, 2.45) is 5.73 Å². The SMILES string of the molecule is C[C@@H](NC(=O)c1cccc(C(=O)N2CCN(C(=O)CN)CC2)c1)c1cccc2ccccc12. The Morgan fingerprint density at radius 2 is 1.52 bits per heavy atom. The van der Waals surface area contributed by atoms with Gasteiger partial charge in [0.2, 0.25) is 5.91 Å². The number of carbonyl (C=O) groups excluding carboxylic acids is 3. The van der Waals surface area contributed by atoms with Crippen molar-refractivity contribution in [3.05, 3.63) is 83.4 Å². The average Bonchev–Trinajstić information content (AvgIpc) is 2.87. The van der Waals surface area contributed by atoms with E-state index in [2.05, 4.69) is 5.32 Å². The van der Waals surface area contributed by atoms with Crippen LogP contribution in [0.4, 0.5) is 0 Å². The molecule has 3 aromatic rings. The highest BCUT2D eigenvalue weighted by atomic mass is 16.2. The molecule has 1 atom stereocenters. The normalized spacial score (nSPS) is 14.7. The Morgan fingerprint density at radius 3 is 2.27 bits per heavy atom. The molecule has 3 amide bonds. The first-order chi connectivity index (χ1) is 16.0. The van der Waals surface area contributed by atoms with E-state index < -0.39 is 0 Å². The molecule has 4 rings (SSSR count). The van der Waals surface area contributed by atoms with Crippen LogP contribution in [0.15, 0.2) is 66.7 Å². The van der Waals surface area contributed by atoms with Crippen LogP contribution in [0.3, 0.4) is 0 Å². The molecule has 1 heterocycles. The van der Waals surface area contributed by atoms with E-state index in [1.54, 1.807) is 34.1 Å². The minimum absolute atomic E-state index is 0.0255. The third-order valence-electron chi connectivity index (χ3n) is 6.10. The highest BCUT2D eigenvalue weighted by Gasteiger charge is 2.25. The summed E-state index contributed by atoms with van der Waals surface area (Å²) in [4.78, 5) is 41.1. The molecular weight excluding hydrogens is 416 g/mol. The van der Waals surface area contributed by atoms with Crippen molar-refractivity contribution in [3.63, 3.8) is 0 Å². The second kappa shape index (κ2) is 9.83. The molecule has 33 heavy (non-hydrogen) atoms. The maximum atomic E-state index is 13.0. The number of rotatable bonds is 5. The molecule has 170 valence electrons. The molecule has 0 bridgehead atoms. The molecule has 0 radical (unpaired) electrons. The number of amides is 3. The van der Waals surface area contributed by atoms with Crippen molar-refractivity contribution >= 4 is 28.5 Å². The number of carbonyl (C=O) groups is 3. The summed E-state index contributed by atoms with van der Waals surface area (Å²) >= 11 is 0. The number of benzene rings is 3. The molecule has 1 aliphatic rings. The fourth-order valence-corrected chi connectivity index (χ4v) is 4.25. The summed E-state index contributed by atoms with van der Waals surface area (Å²) in [7, 11) is 0. The number of fused-ring (bicyclic) bond motifs is 1. The molecule has 7 heteroatoms. The van der Waals surface area contributed by atoms with Crippen LogP contribution in [0.25, 0.3) is 10.8 Å². The second-order valence-corrected chi connectivity index (χ2v) is 8.22. The quantitative estimate of drug-likeness (QED) is 0.632. The molecule has 1 aliphatic heterocycles. The van der Waals surface area contributed by atoms with E-state index in [1.807, 2.05) is 49.4 Å². The lowest BCUT2D eigenvalue weighted by Gasteiger charge is -2.34. The first-order valence-corrected chi connectivity index (χ1v) is 11.1. The van der Waals surface area contributed by atoms with Gasteiger partial charge >= 0.3 is 0 Å².